The number of ether oxygens (including phenoxy) is 1. The zero-order valence-corrected chi connectivity index (χ0v) is 7.89. The summed E-state index contributed by atoms with van der Waals surface area (Å²) in [6.07, 6.45) is 0.0729. The summed E-state index contributed by atoms with van der Waals surface area (Å²) in [7, 11) is 1.74. The predicted octanol–water partition coefficient (Wildman–Crippen LogP) is 0.476. The van der Waals surface area contributed by atoms with Crippen LogP contribution in [-0.2, 0) is 9.53 Å². The highest BCUT2D eigenvalue weighted by Gasteiger charge is 2.25. The van der Waals surface area contributed by atoms with Crippen molar-refractivity contribution in [3.05, 3.63) is 0 Å². The molecule has 0 aromatic carbocycles. The number of carboxylic acids is 1. The van der Waals surface area contributed by atoms with E-state index in [1.807, 2.05) is 13.8 Å². The van der Waals surface area contributed by atoms with Crippen molar-refractivity contribution in [1.29, 1.82) is 0 Å². The summed E-state index contributed by atoms with van der Waals surface area (Å²) < 4.78 is 5.16. The zero-order valence-electron chi connectivity index (χ0n) is 7.89. The van der Waals surface area contributed by atoms with E-state index in [2.05, 4.69) is 5.32 Å². The van der Waals surface area contributed by atoms with E-state index < -0.39 is 11.5 Å². The Balaban J connectivity index is 3.95. The second-order valence-corrected chi connectivity index (χ2v) is 3.02. The smallest absolute Gasteiger partial charge is 0.305 e. The largest absolute Gasteiger partial charge is 0.481 e. The van der Waals surface area contributed by atoms with Gasteiger partial charge in [-0.25, -0.2) is 0 Å². The average Bonchev–Trinajstić information content (AvgIpc) is 2.00. The topological polar surface area (TPSA) is 58.6 Å². The van der Waals surface area contributed by atoms with Crippen LogP contribution < -0.4 is 5.32 Å². The van der Waals surface area contributed by atoms with Crippen LogP contribution in [0.4, 0.5) is 0 Å². The van der Waals surface area contributed by atoms with Crippen molar-refractivity contribution in [2.75, 3.05) is 20.3 Å². The van der Waals surface area contributed by atoms with Gasteiger partial charge < -0.3 is 15.2 Å². The summed E-state index contributed by atoms with van der Waals surface area (Å²) in [6, 6.07) is 0. The first-order valence-corrected chi connectivity index (χ1v) is 4.02. The van der Waals surface area contributed by atoms with Gasteiger partial charge in [-0.05, 0) is 20.9 Å². The maximum absolute atomic E-state index is 10.4. The van der Waals surface area contributed by atoms with Crippen molar-refractivity contribution < 1.29 is 14.6 Å². The molecule has 0 bridgehead atoms. The van der Waals surface area contributed by atoms with Crippen LogP contribution in [0.5, 0.6) is 0 Å². The lowest BCUT2D eigenvalue weighted by Crippen LogP contribution is -2.46. The Labute approximate surface area is 72.9 Å². The van der Waals surface area contributed by atoms with E-state index in [1.54, 1.807) is 7.05 Å². The molecule has 0 saturated heterocycles. The first-order chi connectivity index (χ1) is 5.54. The second-order valence-electron chi connectivity index (χ2n) is 3.02. The molecular weight excluding hydrogens is 158 g/mol. The Bertz CT molecular complexity index is 149. The van der Waals surface area contributed by atoms with E-state index in [0.717, 1.165) is 0 Å². The lowest BCUT2D eigenvalue weighted by molar-refractivity contribution is -0.139. The highest BCUT2D eigenvalue weighted by atomic mass is 16.5. The van der Waals surface area contributed by atoms with E-state index in [-0.39, 0.29) is 6.42 Å². The first kappa shape index (κ1) is 11.4. The minimum Gasteiger partial charge on any atom is -0.481 e. The molecular formula is C8H17NO3. The normalized spacial score (nSPS) is 15.6. The number of nitrogens with one attached hydrogen (secondary N) is 1. The average molecular weight is 175 g/mol. The molecule has 0 saturated carbocycles. The van der Waals surface area contributed by atoms with Gasteiger partial charge in [-0.1, -0.05) is 0 Å². The third kappa shape index (κ3) is 4.31. The summed E-state index contributed by atoms with van der Waals surface area (Å²) >= 11 is 0. The van der Waals surface area contributed by atoms with Crippen LogP contribution in [0, 0.1) is 0 Å². The van der Waals surface area contributed by atoms with E-state index >= 15 is 0 Å². The molecule has 0 aromatic heterocycles. The molecule has 0 spiro atoms. The number of carboxylic acid groups (broad SMARTS) is 1. The van der Waals surface area contributed by atoms with Crippen LogP contribution in [0.2, 0.25) is 0 Å². The molecule has 0 aliphatic rings. The van der Waals surface area contributed by atoms with Gasteiger partial charge in [0, 0.05) is 12.1 Å². The standard InChI is InChI=1S/C8H17NO3/c1-4-12-6-8(2,9-3)5-7(10)11/h9H,4-6H2,1-3H3,(H,10,11). The van der Waals surface area contributed by atoms with Gasteiger partial charge in [-0.2, -0.15) is 0 Å². The number of hydrogen-bond acceptors (Lipinski definition) is 3. The van der Waals surface area contributed by atoms with Crippen molar-refractivity contribution in [2.24, 2.45) is 0 Å². The number of hydrogen-bond donors (Lipinski definition) is 2. The van der Waals surface area contributed by atoms with Crippen molar-refractivity contribution >= 4 is 5.97 Å². The molecule has 0 heterocycles. The second kappa shape index (κ2) is 5.11. The number of rotatable bonds is 6. The van der Waals surface area contributed by atoms with Crippen LogP contribution in [0.3, 0.4) is 0 Å². The quantitative estimate of drug-likeness (QED) is 0.616. The van der Waals surface area contributed by atoms with Gasteiger partial charge in [0.1, 0.15) is 0 Å². The molecule has 4 nitrogen and oxygen atoms in total. The fourth-order valence-electron chi connectivity index (χ4n) is 0.873. The van der Waals surface area contributed by atoms with Gasteiger partial charge in [-0.3, -0.25) is 4.79 Å². The summed E-state index contributed by atoms with van der Waals surface area (Å²) in [5.74, 6) is -0.813. The minimum atomic E-state index is -0.813. The van der Waals surface area contributed by atoms with Crippen LogP contribution >= 0.6 is 0 Å². The Hall–Kier alpha value is -0.610. The summed E-state index contributed by atoms with van der Waals surface area (Å²) in [5.41, 5.74) is -0.457. The molecule has 0 radical (unpaired) electrons. The molecule has 0 aliphatic heterocycles. The maximum Gasteiger partial charge on any atom is 0.305 e. The molecule has 2 N–H and O–H groups in total. The monoisotopic (exact) mass is 175 g/mol. The molecule has 72 valence electrons. The fraction of sp³-hybridized carbons (Fsp3) is 0.875. The highest BCUT2D eigenvalue weighted by Crippen LogP contribution is 2.09. The van der Waals surface area contributed by atoms with E-state index in [0.29, 0.717) is 13.2 Å². The summed E-state index contributed by atoms with van der Waals surface area (Å²) in [5, 5.41) is 11.5. The summed E-state index contributed by atoms with van der Waals surface area (Å²) in [6.45, 7) is 4.75. The lowest BCUT2D eigenvalue weighted by Gasteiger charge is -2.26. The Kier molecular flexibility index (Phi) is 4.85. The van der Waals surface area contributed by atoms with Crippen molar-refractivity contribution in [3.8, 4) is 0 Å². The van der Waals surface area contributed by atoms with Gasteiger partial charge in [0.15, 0.2) is 0 Å². The fourth-order valence-corrected chi connectivity index (χ4v) is 0.873. The Morgan fingerprint density at radius 1 is 1.67 bits per heavy atom. The predicted molar refractivity (Wildman–Crippen MR) is 46.2 cm³/mol. The maximum atomic E-state index is 10.4. The molecule has 0 aliphatic carbocycles. The van der Waals surface area contributed by atoms with Crippen LogP contribution in [0.1, 0.15) is 20.3 Å². The zero-order chi connectivity index (χ0) is 9.61. The SMILES string of the molecule is CCOCC(C)(CC(=O)O)NC. The van der Waals surface area contributed by atoms with Gasteiger partial charge in [-0.15, -0.1) is 0 Å². The molecule has 1 unspecified atom stereocenters. The molecule has 4 heteroatoms. The Morgan fingerprint density at radius 3 is 2.58 bits per heavy atom. The van der Waals surface area contributed by atoms with Crippen molar-refractivity contribution in [2.45, 2.75) is 25.8 Å². The highest BCUT2D eigenvalue weighted by molar-refractivity contribution is 5.68. The van der Waals surface area contributed by atoms with Crippen molar-refractivity contribution in [1.82, 2.24) is 5.32 Å². The first-order valence-electron chi connectivity index (χ1n) is 4.02. The van der Waals surface area contributed by atoms with Gasteiger partial charge in [0.25, 0.3) is 0 Å². The van der Waals surface area contributed by atoms with Crippen LogP contribution in [-0.4, -0.2) is 36.9 Å². The van der Waals surface area contributed by atoms with E-state index in [4.69, 9.17) is 9.84 Å². The minimum absolute atomic E-state index is 0.0729. The molecule has 0 fully saturated rings. The molecule has 0 rings (SSSR count). The molecule has 0 amide bonds. The number of aliphatic carboxylic acids is 1. The van der Waals surface area contributed by atoms with Crippen LogP contribution in [0.25, 0.3) is 0 Å². The van der Waals surface area contributed by atoms with Crippen LogP contribution in [0.15, 0.2) is 0 Å². The molecule has 1 atom stereocenters. The third-order valence-electron chi connectivity index (χ3n) is 1.77. The molecule has 0 aromatic rings. The lowest BCUT2D eigenvalue weighted by atomic mass is 10.00. The van der Waals surface area contributed by atoms with Gasteiger partial charge in [0.2, 0.25) is 0 Å². The van der Waals surface area contributed by atoms with Crippen molar-refractivity contribution in [3.63, 3.8) is 0 Å². The summed E-state index contributed by atoms with van der Waals surface area (Å²) in [4.78, 5) is 10.4. The third-order valence-corrected chi connectivity index (χ3v) is 1.77. The Morgan fingerprint density at radius 2 is 2.25 bits per heavy atom. The van der Waals surface area contributed by atoms with E-state index in [9.17, 15) is 4.79 Å². The number of likely N-dealkylation sites (N-methyl/N-ethyl adjacent to an activating group) is 1. The molecule has 12 heavy (non-hydrogen) atoms. The number of carbonyl (C=O) groups is 1. The van der Waals surface area contributed by atoms with Gasteiger partial charge in [0.05, 0.1) is 13.0 Å². The van der Waals surface area contributed by atoms with E-state index in [1.165, 1.54) is 0 Å². The van der Waals surface area contributed by atoms with Gasteiger partial charge >= 0.3 is 5.97 Å².